The van der Waals surface area contributed by atoms with Crippen LogP contribution in [0.4, 0.5) is 5.69 Å². The summed E-state index contributed by atoms with van der Waals surface area (Å²) in [5, 5.41) is 1.68. The summed E-state index contributed by atoms with van der Waals surface area (Å²) in [6.45, 7) is 1.40. The smallest absolute Gasteiger partial charge is 0.262 e. The molecule has 3 aromatic rings. The predicted molar refractivity (Wildman–Crippen MR) is 114 cm³/mol. The second kappa shape index (κ2) is 8.34. The van der Waals surface area contributed by atoms with Crippen LogP contribution in [-0.4, -0.2) is 25.1 Å². The van der Waals surface area contributed by atoms with Crippen molar-refractivity contribution < 1.29 is 18.0 Å². The van der Waals surface area contributed by atoms with Gasteiger partial charge in [-0.25, -0.2) is 8.42 Å². The number of rotatable bonds is 6. The third-order valence-corrected chi connectivity index (χ3v) is 6.45. The van der Waals surface area contributed by atoms with E-state index < -0.39 is 10.0 Å². The lowest BCUT2D eigenvalue weighted by Crippen LogP contribution is -2.13. The molecule has 0 bridgehead atoms. The molecule has 8 heteroatoms. The van der Waals surface area contributed by atoms with E-state index in [0.29, 0.717) is 21.7 Å². The van der Waals surface area contributed by atoms with E-state index in [9.17, 15) is 18.0 Å². The molecule has 144 valence electrons. The van der Waals surface area contributed by atoms with Crippen molar-refractivity contribution in [3.05, 3.63) is 71.2 Å². The molecule has 28 heavy (non-hydrogen) atoms. The van der Waals surface area contributed by atoms with Crippen molar-refractivity contribution in [3.63, 3.8) is 0 Å². The average molecular weight is 434 g/mol. The number of thioether (sulfide) groups is 1. The lowest BCUT2D eigenvalue weighted by Gasteiger charge is -2.11. The molecular formula is C20H16ClNO4S2. The minimum atomic E-state index is -3.83. The molecule has 3 aromatic carbocycles. The number of carbonyl (C=O) groups excluding carboxylic acids is 2. The molecule has 5 nitrogen and oxygen atoms in total. The Hall–Kier alpha value is -2.35. The van der Waals surface area contributed by atoms with Crippen LogP contribution in [0.3, 0.4) is 0 Å². The number of nitrogens with one attached hydrogen (secondary N) is 1. The van der Waals surface area contributed by atoms with E-state index in [0.717, 1.165) is 17.1 Å². The molecule has 0 unspecified atom stereocenters. The fourth-order valence-electron chi connectivity index (χ4n) is 2.64. The first-order valence-electron chi connectivity index (χ1n) is 8.24. The van der Waals surface area contributed by atoms with E-state index >= 15 is 0 Å². The van der Waals surface area contributed by atoms with E-state index in [2.05, 4.69) is 4.72 Å². The zero-order valence-electron chi connectivity index (χ0n) is 14.8. The number of hydrogen-bond acceptors (Lipinski definition) is 5. The number of halogens is 1. The first kappa shape index (κ1) is 20.4. The summed E-state index contributed by atoms with van der Waals surface area (Å²) in [5.41, 5.74) is 0.748. The number of carbonyl (C=O) groups is 2. The molecule has 0 aliphatic carbocycles. The van der Waals surface area contributed by atoms with Crippen LogP contribution in [-0.2, 0) is 14.8 Å². The number of Topliss-reactive ketones (excluding diaryl/α,β-unsaturated/α-hetero) is 1. The average Bonchev–Trinajstić information content (AvgIpc) is 2.65. The standard InChI is InChI=1S/C20H16ClNO4S2/c1-13(23)27-12-19(24)14-5-8-17(9-6-14)22-28(25,26)20-4-2-3-15-11-16(21)7-10-18(15)20/h2-11,22H,12H2,1H3. The molecule has 0 aliphatic heterocycles. The van der Waals surface area contributed by atoms with Gasteiger partial charge in [0.05, 0.1) is 10.6 Å². The van der Waals surface area contributed by atoms with Gasteiger partial charge in [0.25, 0.3) is 10.0 Å². The molecule has 0 saturated heterocycles. The Morgan fingerprint density at radius 2 is 1.75 bits per heavy atom. The second-order valence-corrected chi connectivity index (χ2v) is 9.25. The highest BCUT2D eigenvalue weighted by Crippen LogP contribution is 2.27. The van der Waals surface area contributed by atoms with Gasteiger partial charge in [-0.3, -0.25) is 14.3 Å². The van der Waals surface area contributed by atoms with E-state index in [4.69, 9.17) is 11.6 Å². The lowest BCUT2D eigenvalue weighted by molar-refractivity contribution is -0.109. The molecule has 0 saturated carbocycles. The van der Waals surface area contributed by atoms with Gasteiger partial charge in [0, 0.05) is 28.6 Å². The summed E-state index contributed by atoms with van der Waals surface area (Å²) in [7, 11) is -3.83. The van der Waals surface area contributed by atoms with Crippen LogP contribution < -0.4 is 4.72 Å². The Labute approximate surface area is 172 Å². The van der Waals surface area contributed by atoms with Gasteiger partial charge in [0.1, 0.15) is 0 Å². The zero-order valence-corrected chi connectivity index (χ0v) is 17.2. The summed E-state index contributed by atoms with van der Waals surface area (Å²) in [4.78, 5) is 23.1. The monoisotopic (exact) mass is 433 g/mol. The molecule has 0 atom stereocenters. The van der Waals surface area contributed by atoms with Gasteiger partial charge < -0.3 is 0 Å². The Bertz CT molecular complexity index is 1160. The minimum Gasteiger partial charge on any atom is -0.293 e. The van der Waals surface area contributed by atoms with Gasteiger partial charge in [-0.2, -0.15) is 0 Å². The maximum absolute atomic E-state index is 12.8. The van der Waals surface area contributed by atoms with Crippen molar-refractivity contribution in [2.45, 2.75) is 11.8 Å². The molecular weight excluding hydrogens is 418 g/mol. The largest absolute Gasteiger partial charge is 0.293 e. The molecule has 1 N–H and O–H groups in total. The van der Waals surface area contributed by atoms with Crippen LogP contribution >= 0.6 is 23.4 Å². The van der Waals surface area contributed by atoms with Gasteiger partial charge >= 0.3 is 0 Å². The summed E-state index contributed by atoms with van der Waals surface area (Å²) in [6, 6.07) is 16.1. The van der Waals surface area contributed by atoms with E-state index in [-0.39, 0.29) is 21.5 Å². The highest BCUT2D eigenvalue weighted by molar-refractivity contribution is 8.14. The SMILES string of the molecule is CC(=O)SCC(=O)c1ccc(NS(=O)(=O)c2cccc3cc(Cl)ccc23)cc1. The van der Waals surface area contributed by atoms with E-state index in [1.54, 1.807) is 30.3 Å². The van der Waals surface area contributed by atoms with Crippen molar-refractivity contribution in [1.82, 2.24) is 0 Å². The maximum atomic E-state index is 12.8. The Kier molecular flexibility index (Phi) is 6.07. The first-order chi connectivity index (χ1) is 13.3. The van der Waals surface area contributed by atoms with Gasteiger partial charge in [-0.05, 0) is 47.9 Å². The van der Waals surface area contributed by atoms with Crippen molar-refractivity contribution >= 4 is 60.7 Å². The summed E-state index contributed by atoms with van der Waals surface area (Å²) >= 11 is 6.92. The molecule has 0 aromatic heterocycles. The van der Waals surface area contributed by atoms with E-state index in [1.807, 2.05) is 0 Å². The van der Waals surface area contributed by atoms with Crippen LogP contribution in [0.2, 0.25) is 5.02 Å². The fraction of sp³-hybridized carbons (Fsp3) is 0.100. The number of benzene rings is 3. The summed E-state index contributed by atoms with van der Waals surface area (Å²) < 4.78 is 28.2. The lowest BCUT2D eigenvalue weighted by atomic mass is 10.1. The van der Waals surface area contributed by atoms with Crippen LogP contribution in [0.1, 0.15) is 17.3 Å². The highest BCUT2D eigenvalue weighted by atomic mass is 35.5. The van der Waals surface area contributed by atoms with Crippen LogP contribution in [0.15, 0.2) is 65.6 Å². The Morgan fingerprint density at radius 3 is 2.43 bits per heavy atom. The molecule has 0 spiro atoms. The van der Waals surface area contributed by atoms with Crippen molar-refractivity contribution in [3.8, 4) is 0 Å². The third-order valence-electron chi connectivity index (χ3n) is 3.96. The normalized spacial score (nSPS) is 11.4. The number of ketones is 1. The summed E-state index contributed by atoms with van der Waals surface area (Å²) in [5.74, 6) is -0.139. The van der Waals surface area contributed by atoms with Crippen molar-refractivity contribution in [2.75, 3.05) is 10.5 Å². The van der Waals surface area contributed by atoms with Crippen LogP contribution in [0.5, 0.6) is 0 Å². The maximum Gasteiger partial charge on any atom is 0.262 e. The van der Waals surface area contributed by atoms with E-state index in [1.165, 1.54) is 37.3 Å². The predicted octanol–water partition coefficient (Wildman–Crippen LogP) is 4.76. The molecule has 0 radical (unpaired) electrons. The van der Waals surface area contributed by atoms with Crippen molar-refractivity contribution in [2.24, 2.45) is 0 Å². The number of hydrogen-bond donors (Lipinski definition) is 1. The van der Waals surface area contributed by atoms with Gasteiger partial charge in [-0.15, -0.1) is 0 Å². The van der Waals surface area contributed by atoms with Crippen molar-refractivity contribution in [1.29, 1.82) is 0 Å². The highest BCUT2D eigenvalue weighted by Gasteiger charge is 2.18. The van der Waals surface area contributed by atoms with Crippen LogP contribution in [0.25, 0.3) is 10.8 Å². The van der Waals surface area contributed by atoms with Gasteiger partial charge in [0.2, 0.25) is 0 Å². The summed E-state index contributed by atoms with van der Waals surface area (Å²) in [6.07, 6.45) is 0. The van der Waals surface area contributed by atoms with Gasteiger partial charge in [0.15, 0.2) is 10.9 Å². The molecule has 0 amide bonds. The molecule has 0 aliphatic rings. The molecule has 3 rings (SSSR count). The fourth-order valence-corrected chi connectivity index (χ4v) is 4.61. The zero-order chi connectivity index (χ0) is 20.3. The topological polar surface area (TPSA) is 80.3 Å². The number of anilines is 1. The molecule has 0 fully saturated rings. The number of fused-ring (bicyclic) bond motifs is 1. The van der Waals surface area contributed by atoms with Crippen LogP contribution in [0, 0.1) is 0 Å². The number of sulfonamides is 1. The third kappa shape index (κ3) is 4.73. The second-order valence-electron chi connectivity index (χ2n) is 6.01. The first-order valence-corrected chi connectivity index (χ1v) is 11.1. The van der Waals surface area contributed by atoms with Gasteiger partial charge in [-0.1, -0.05) is 41.6 Å². The Morgan fingerprint density at radius 1 is 1.04 bits per heavy atom. The quantitative estimate of drug-likeness (QED) is 0.567. The minimum absolute atomic E-state index is 0.0545. The molecule has 0 heterocycles. The Balaban J connectivity index is 1.83.